The zero-order chi connectivity index (χ0) is 15.0. The first-order valence-corrected chi connectivity index (χ1v) is 9.70. The molecule has 20 heavy (non-hydrogen) atoms. The summed E-state index contributed by atoms with van der Waals surface area (Å²) in [7, 11) is -7.33. The van der Waals surface area contributed by atoms with Crippen molar-refractivity contribution >= 4 is 37.2 Å². The molecule has 0 aliphatic carbocycles. The molecular formula is C9H12N2O6S3. The smallest absolute Gasteiger partial charge is 0.356 e. The molecule has 11 heteroatoms. The summed E-state index contributed by atoms with van der Waals surface area (Å²) < 4.78 is 48.9. The Kier molecular flexibility index (Phi) is 4.14. The van der Waals surface area contributed by atoms with Crippen molar-refractivity contribution in [3.8, 4) is 0 Å². The van der Waals surface area contributed by atoms with Crippen LogP contribution in [0, 0.1) is 0 Å². The van der Waals surface area contributed by atoms with Crippen LogP contribution in [0.1, 0.15) is 23.3 Å². The molecule has 2 rings (SSSR count). The molecule has 8 nitrogen and oxygen atoms in total. The molecule has 0 aromatic carbocycles. The van der Waals surface area contributed by atoms with Gasteiger partial charge in [0.1, 0.15) is 0 Å². The van der Waals surface area contributed by atoms with Crippen LogP contribution in [0.5, 0.6) is 0 Å². The zero-order valence-electron chi connectivity index (χ0n) is 10.1. The highest BCUT2D eigenvalue weighted by molar-refractivity contribution is 7.93. The van der Waals surface area contributed by atoms with Gasteiger partial charge in [-0.15, -0.1) is 11.3 Å². The van der Waals surface area contributed by atoms with Gasteiger partial charge in [-0.25, -0.2) is 31.3 Å². The minimum absolute atomic E-state index is 0.0559. The number of nitrogens with zero attached hydrogens (tertiary/aromatic N) is 1. The number of thiazole rings is 1. The van der Waals surface area contributed by atoms with Crippen molar-refractivity contribution in [2.24, 2.45) is 0 Å². The van der Waals surface area contributed by atoms with Gasteiger partial charge in [-0.3, -0.25) is 0 Å². The Morgan fingerprint density at radius 3 is 2.80 bits per heavy atom. The average molecular weight is 340 g/mol. The van der Waals surface area contributed by atoms with Gasteiger partial charge in [0.2, 0.25) is 0 Å². The lowest BCUT2D eigenvalue weighted by molar-refractivity contribution is 0.0687. The van der Waals surface area contributed by atoms with E-state index in [1.54, 1.807) is 0 Å². The number of carboxylic acids is 1. The number of aromatic carboxylic acids is 1. The summed E-state index contributed by atoms with van der Waals surface area (Å²) in [5.74, 6) is -1.39. The Hall–Kier alpha value is -1.04. The van der Waals surface area contributed by atoms with Crippen molar-refractivity contribution in [1.82, 2.24) is 9.71 Å². The maximum Gasteiger partial charge on any atom is 0.356 e. The Bertz CT molecular complexity index is 721. The third-order valence-corrected chi connectivity index (χ3v) is 8.01. The van der Waals surface area contributed by atoms with E-state index in [0.29, 0.717) is 24.2 Å². The van der Waals surface area contributed by atoms with Gasteiger partial charge in [0.15, 0.2) is 19.7 Å². The fourth-order valence-corrected chi connectivity index (χ4v) is 6.06. The molecule has 0 bridgehead atoms. The van der Waals surface area contributed by atoms with Crippen LogP contribution >= 0.6 is 11.3 Å². The van der Waals surface area contributed by atoms with Gasteiger partial charge in [0, 0.05) is 6.54 Å². The minimum atomic E-state index is -4.07. The van der Waals surface area contributed by atoms with E-state index in [1.165, 1.54) is 0 Å². The monoisotopic (exact) mass is 340 g/mol. The van der Waals surface area contributed by atoms with Crippen molar-refractivity contribution in [2.75, 3.05) is 12.3 Å². The first kappa shape index (κ1) is 15.4. The molecular weight excluding hydrogens is 328 g/mol. The molecule has 2 N–H and O–H groups in total. The quantitative estimate of drug-likeness (QED) is 0.752. The summed E-state index contributed by atoms with van der Waals surface area (Å²) in [5, 5.41) is 8.09. The Balaban J connectivity index is 2.16. The van der Waals surface area contributed by atoms with E-state index in [1.807, 2.05) is 0 Å². The summed E-state index contributed by atoms with van der Waals surface area (Å²) in [6, 6.07) is 0. The predicted molar refractivity (Wildman–Crippen MR) is 71.1 cm³/mol. The van der Waals surface area contributed by atoms with Gasteiger partial charge in [-0.2, -0.15) is 0 Å². The molecule has 1 fully saturated rings. The Morgan fingerprint density at radius 2 is 2.25 bits per heavy atom. The number of sulfonamides is 1. The van der Waals surface area contributed by atoms with Gasteiger partial charge in [-0.05, 0) is 12.8 Å². The van der Waals surface area contributed by atoms with Gasteiger partial charge in [-0.1, -0.05) is 0 Å². The molecule has 0 radical (unpaired) electrons. The van der Waals surface area contributed by atoms with Crippen LogP contribution in [0.2, 0.25) is 0 Å². The number of aromatic nitrogens is 1. The van der Waals surface area contributed by atoms with E-state index in [0.717, 1.165) is 5.51 Å². The molecule has 1 unspecified atom stereocenters. The lowest BCUT2D eigenvalue weighted by atomic mass is 10.2. The second kappa shape index (κ2) is 5.39. The number of rotatable bonds is 5. The fraction of sp³-hybridized carbons (Fsp3) is 0.556. The third kappa shape index (κ3) is 3.00. The van der Waals surface area contributed by atoms with Gasteiger partial charge < -0.3 is 5.11 Å². The molecule has 2 heterocycles. The molecule has 1 atom stereocenters. The van der Waals surface area contributed by atoms with E-state index in [4.69, 9.17) is 5.11 Å². The molecule has 1 aromatic rings. The molecule has 1 aliphatic rings. The highest BCUT2D eigenvalue weighted by Crippen LogP contribution is 2.22. The standard InChI is InChI=1S/C9H12N2O6S3/c12-8(13)7-9(18-5-10-7)20(16,17)11-4-6-2-1-3-19(6,14)15/h5-6,11H,1-4H2,(H,12,13). The number of sulfone groups is 1. The van der Waals surface area contributed by atoms with Crippen molar-refractivity contribution < 1.29 is 26.7 Å². The molecule has 0 spiro atoms. The molecule has 0 amide bonds. The van der Waals surface area contributed by atoms with E-state index < -0.39 is 41.0 Å². The number of nitrogens with one attached hydrogen (secondary N) is 1. The fourth-order valence-electron chi connectivity index (χ4n) is 1.92. The van der Waals surface area contributed by atoms with Crippen molar-refractivity contribution in [2.45, 2.75) is 22.3 Å². The van der Waals surface area contributed by atoms with Crippen LogP contribution in [0.25, 0.3) is 0 Å². The molecule has 1 aliphatic heterocycles. The SMILES string of the molecule is O=C(O)c1ncsc1S(=O)(=O)NCC1CCCS1(=O)=O. The first-order valence-electron chi connectivity index (χ1n) is 5.62. The first-order chi connectivity index (χ1) is 9.24. The van der Waals surface area contributed by atoms with Crippen LogP contribution in [0.15, 0.2) is 9.72 Å². The highest BCUT2D eigenvalue weighted by Gasteiger charge is 2.33. The van der Waals surface area contributed by atoms with E-state index in [-0.39, 0.29) is 12.3 Å². The topological polar surface area (TPSA) is 130 Å². The second-order valence-electron chi connectivity index (χ2n) is 4.28. The van der Waals surface area contributed by atoms with Gasteiger partial charge in [0.25, 0.3) is 10.0 Å². The summed E-state index contributed by atoms with van der Waals surface area (Å²) in [6.07, 6.45) is 0.912. The van der Waals surface area contributed by atoms with Gasteiger partial charge in [0.05, 0.1) is 16.5 Å². The lowest BCUT2D eigenvalue weighted by Crippen LogP contribution is -2.34. The van der Waals surface area contributed by atoms with Crippen LogP contribution in [0.4, 0.5) is 0 Å². The van der Waals surface area contributed by atoms with Crippen LogP contribution in [-0.2, 0) is 19.9 Å². The maximum absolute atomic E-state index is 12.0. The predicted octanol–water partition coefficient (Wildman–Crippen LogP) is -0.303. The van der Waals surface area contributed by atoms with Crippen LogP contribution < -0.4 is 4.72 Å². The van der Waals surface area contributed by atoms with E-state index >= 15 is 0 Å². The zero-order valence-corrected chi connectivity index (χ0v) is 12.6. The summed E-state index contributed by atoms with van der Waals surface area (Å²) in [5.41, 5.74) is 0.557. The number of hydrogen-bond donors (Lipinski definition) is 2. The van der Waals surface area contributed by atoms with E-state index in [9.17, 15) is 21.6 Å². The molecule has 112 valence electrons. The lowest BCUT2D eigenvalue weighted by Gasteiger charge is -2.10. The van der Waals surface area contributed by atoms with Crippen molar-refractivity contribution in [3.05, 3.63) is 11.2 Å². The number of carboxylic acid groups (broad SMARTS) is 1. The molecule has 1 saturated heterocycles. The minimum Gasteiger partial charge on any atom is -0.476 e. The summed E-state index contributed by atoms with van der Waals surface area (Å²) in [6.45, 7) is -0.248. The largest absolute Gasteiger partial charge is 0.476 e. The van der Waals surface area contributed by atoms with Gasteiger partial charge >= 0.3 is 5.97 Å². The second-order valence-corrected chi connectivity index (χ2v) is 9.49. The maximum atomic E-state index is 12.0. The van der Waals surface area contributed by atoms with E-state index in [2.05, 4.69) is 9.71 Å². The number of hydrogen-bond acceptors (Lipinski definition) is 7. The van der Waals surface area contributed by atoms with Crippen molar-refractivity contribution in [3.63, 3.8) is 0 Å². The summed E-state index contributed by atoms with van der Waals surface area (Å²) >= 11 is 0.675. The third-order valence-electron chi connectivity index (χ3n) is 2.95. The number of carbonyl (C=O) groups is 1. The van der Waals surface area contributed by atoms with Crippen LogP contribution in [0.3, 0.4) is 0 Å². The Labute approximate surface area is 119 Å². The van der Waals surface area contributed by atoms with Crippen molar-refractivity contribution in [1.29, 1.82) is 0 Å². The normalized spacial score (nSPS) is 21.9. The molecule has 1 aromatic heterocycles. The van der Waals surface area contributed by atoms with Crippen LogP contribution in [-0.4, -0.2) is 50.4 Å². The average Bonchev–Trinajstić information content (AvgIpc) is 2.93. The molecule has 0 saturated carbocycles. The Morgan fingerprint density at radius 1 is 1.55 bits per heavy atom. The summed E-state index contributed by atoms with van der Waals surface area (Å²) in [4.78, 5) is 14.3. The highest BCUT2D eigenvalue weighted by atomic mass is 32.2.